The van der Waals surface area contributed by atoms with Crippen LogP contribution in [0.3, 0.4) is 0 Å². The first-order valence-electron chi connectivity index (χ1n) is 7.04. The predicted octanol–water partition coefficient (Wildman–Crippen LogP) is 4.11. The number of rotatable bonds is 3. The highest BCUT2D eigenvalue weighted by atomic mass is 32.1. The second kappa shape index (κ2) is 6.22. The third-order valence-electron chi connectivity index (χ3n) is 4.09. The minimum atomic E-state index is -4.39. The summed E-state index contributed by atoms with van der Waals surface area (Å²) in [7, 11) is 1.90. The van der Waals surface area contributed by atoms with E-state index in [-0.39, 0.29) is 4.99 Å². The van der Waals surface area contributed by atoms with Gasteiger partial charge in [-0.3, -0.25) is 0 Å². The zero-order valence-electron chi connectivity index (χ0n) is 11.9. The maximum absolute atomic E-state index is 12.8. The Morgan fingerprint density at radius 2 is 1.86 bits per heavy atom. The first-order valence-corrected chi connectivity index (χ1v) is 7.45. The van der Waals surface area contributed by atoms with E-state index < -0.39 is 11.7 Å². The third-order valence-corrected chi connectivity index (χ3v) is 4.31. The maximum Gasteiger partial charge on any atom is 0.416 e. The van der Waals surface area contributed by atoms with Crippen molar-refractivity contribution in [1.82, 2.24) is 0 Å². The molecule has 1 fully saturated rings. The first kappa shape index (κ1) is 16.1. The zero-order valence-corrected chi connectivity index (χ0v) is 12.7. The van der Waals surface area contributed by atoms with Crippen LogP contribution in [-0.2, 0) is 6.18 Å². The molecule has 0 aliphatic heterocycles. The number of alkyl halides is 3. The highest BCUT2D eigenvalue weighted by molar-refractivity contribution is 7.80. The van der Waals surface area contributed by atoms with E-state index in [1.807, 2.05) is 11.9 Å². The molecule has 21 heavy (non-hydrogen) atoms. The Balaban J connectivity index is 2.36. The van der Waals surface area contributed by atoms with Gasteiger partial charge >= 0.3 is 6.18 Å². The molecule has 2 nitrogen and oxygen atoms in total. The van der Waals surface area contributed by atoms with Gasteiger partial charge < -0.3 is 10.6 Å². The Morgan fingerprint density at radius 3 is 2.38 bits per heavy atom. The van der Waals surface area contributed by atoms with Crippen LogP contribution in [0.2, 0.25) is 0 Å². The first-order chi connectivity index (χ1) is 9.80. The second-order valence-electron chi connectivity index (χ2n) is 5.50. The molecular weight excluding hydrogens is 297 g/mol. The molecule has 0 aromatic heterocycles. The van der Waals surface area contributed by atoms with Gasteiger partial charge in [0, 0.05) is 24.3 Å². The Kier molecular flexibility index (Phi) is 4.76. The number of benzene rings is 1. The molecule has 0 heterocycles. The second-order valence-corrected chi connectivity index (χ2v) is 5.94. The fourth-order valence-electron chi connectivity index (χ4n) is 2.88. The zero-order chi connectivity index (χ0) is 15.6. The van der Waals surface area contributed by atoms with Crippen LogP contribution in [0.25, 0.3) is 0 Å². The van der Waals surface area contributed by atoms with Gasteiger partial charge in [-0.25, -0.2) is 0 Å². The summed E-state index contributed by atoms with van der Waals surface area (Å²) >= 11 is 4.94. The molecule has 2 N–H and O–H groups in total. The lowest BCUT2D eigenvalue weighted by atomic mass is 9.93. The molecule has 1 aliphatic rings. The summed E-state index contributed by atoms with van der Waals surface area (Å²) in [6, 6.07) is 3.96. The number of hydrogen-bond donors (Lipinski definition) is 1. The molecule has 6 heteroatoms. The van der Waals surface area contributed by atoms with Gasteiger partial charge in [0.2, 0.25) is 0 Å². The average Bonchev–Trinajstić information content (AvgIpc) is 2.45. The van der Waals surface area contributed by atoms with Crippen molar-refractivity contribution in [2.45, 2.75) is 44.3 Å². The largest absolute Gasteiger partial charge is 0.416 e. The Morgan fingerprint density at radius 1 is 1.24 bits per heavy atom. The van der Waals surface area contributed by atoms with Gasteiger partial charge in [-0.15, -0.1) is 0 Å². The lowest BCUT2D eigenvalue weighted by Gasteiger charge is -2.34. The topological polar surface area (TPSA) is 29.3 Å². The molecule has 116 valence electrons. The number of halogens is 3. The molecule has 0 unspecified atom stereocenters. The van der Waals surface area contributed by atoms with E-state index in [9.17, 15) is 13.2 Å². The van der Waals surface area contributed by atoms with E-state index in [4.69, 9.17) is 18.0 Å². The SMILES string of the molecule is CN(c1ccc(C(F)(F)F)cc1C(N)=S)C1CCCCC1. The Bertz CT molecular complexity index is 522. The summed E-state index contributed by atoms with van der Waals surface area (Å²) in [5.74, 6) is 0. The molecule has 0 spiro atoms. The molecular formula is C15H19F3N2S. The van der Waals surface area contributed by atoms with E-state index >= 15 is 0 Å². The average molecular weight is 316 g/mol. The van der Waals surface area contributed by atoms with Gasteiger partial charge in [-0.1, -0.05) is 31.5 Å². The molecule has 1 saturated carbocycles. The van der Waals surface area contributed by atoms with Crippen LogP contribution in [0.15, 0.2) is 18.2 Å². The number of hydrogen-bond acceptors (Lipinski definition) is 2. The fourth-order valence-corrected chi connectivity index (χ4v) is 3.05. The van der Waals surface area contributed by atoms with Crippen LogP contribution >= 0.6 is 12.2 Å². The molecule has 0 amide bonds. The lowest BCUT2D eigenvalue weighted by molar-refractivity contribution is -0.137. The van der Waals surface area contributed by atoms with Crippen molar-refractivity contribution >= 4 is 22.9 Å². The van der Waals surface area contributed by atoms with Crippen molar-refractivity contribution < 1.29 is 13.2 Å². The summed E-state index contributed by atoms with van der Waals surface area (Å²) < 4.78 is 38.5. The summed E-state index contributed by atoms with van der Waals surface area (Å²) in [6.45, 7) is 0. The van der Waals surface area contributed by atoms with Crippen molar-refractivity contribution in [2.75, 3.05) is 11.9 Å². The summed E-state index contributed by atoms with van der Waals surface area (Å²) in [5.41, 5.74) is 5.90. The number of anilines is 1. The number of nitrogens with two attached hydrogens (primary N) is 1. The quantitative estimate of drug-likeness (QED) is 0.851. The molecule has 0 radical (unpaired) electrons. The number of thiocarbonyl (C=S) groups is 1. The van der Waals surface area contributed by atoms with Crippen LogP contribution in [-0.4, -0.2) is 18.1 Å². The fraction of sp³-hybridized carbons (Fsp3) is 0.533. The minimum absolute atomic E-state index is 0.00115. The van der Waals surface area contributed by atoms with E-state index in [1.54, 1.807) is 0 Å². The number of nitrogens with zero attached hydrogens (tertiary/aromatic N) is 1. The lowest BCUT2D eigenvalue weighted by Crippen LogP contribution is -2.34. The summed E-state index contributed by atoms with van der Waals surface area (Å²) in [4.78, 5) is 2.02. The Labute approximate surface area is 128 Å². The Hall–Kier alpha value is -1.30. The standard InChI is InChI=1S/C15H19F3N2S/c1-20(11-5-3-2-4-6-11)13-8-7-10(15(16,17)18)9-12(13)14(19)21/h7-9,11H,2-6H2,1H3,(H2,19,21). The van der Waals surface area contributed by atoms with Crippen molar-refractivity contribution in [1.29, 1.82) is 0 Å². The molecule has 1 aromatic carbocycles. The summed E-state index contributed by atoms with van der Waals surface area (Å²) in [5, 5.41) is 0. The van der Waals surface area contributed by atoms with E-state index in [0.717, 1.165) is 37.8 Å². The van der Waals surface area contributed by atoms with Crippen LogP contribution in [0, 0.1) is 0 Å². The molecule has 1 aliphatic carbocycles. The summed E-state index contributed by atoms with van der Waals surface area (Å²) in [6.07, 6.45) is 1.24. The van der Waals surface area contributed by atoms with E-state index in [0.29, 0.717) is 17.3 Å². The van der Waals surface area contributed by atoms with Crippen LogP contribution < -0.4 is 10.6 Å². The normalized spacial score (nSPS) is 16.8. The smallest absolute Gasteiger partial charge is 0.389 e. The van der Waals surface area contributed by atoms with Gasteiger partial charge in [-0.05, 0) is 31.0 Å². The van der Waals surface area contributed by atoms with Crippen molar-refractivity contribution in [2.24, 2.45) is 5.73 Å². The van der Waals surface area contributed by atoms with Crippen LogP contribution in [0.4, 0.5) is 18.9 Å². The van der Waals surface area contributed by atoms with Crippen LogP contribution in [0.1, 0.15) is 43.2 Å². The third kappa shape index (κ3) is 3.67. The maximum atomic E-state index is 12.8. The van der Waals surface area contributed by atoms with E-state index in [1.165, 1.54) is 12.5 Å². The minimum Gasteiger partial charge on any atom is -0.389 e. The molecule has 2 rings (SSSR count). The highest BCUT2D eigenvalue weighted by Crippen LogP contribution is 2.34. The monoisotopic (exact) mass is 316 g/mol. The van der Waals surface area contributed by atoms with Crippen molar-refractivity contribution in [3.8, 4) is 0 Å². The van der Waals surface area contributed by atoms with Gasteiger partial charge in [0.25, 0.3) is 0 Å². The van der Waals surface area contributed by atoms with Crippen LogP contribution in [0.5, 0.6) is 0 Å². The molecule has 0 saturated heterocycles. The van der Waals surface area contributed by atoms with Gasteiger partial charge in [0.05, 0.1) is 5.56 Å². The predicted molar refractivity (Wildman–Crippen MR) is 82.6 cm³/mol. The highest BCUT2D eigenvalue weighted by Gasteiger charge is 2.32. The molecule has 0 bridgehead atoms. The van der Waals surface area contributed by atoms with Gasteiger partial charge in [0.1, 0.15) is 4.99 Å². The van der Waals surface area contributed by atoms with Gasteiger partial charge in [0.15, 0.2) is 0 Å². The van der Waals surface area contributed by atoms with Crippen molar-refractivity contribution in [3.05, 3.63) is 29.3 Å². The molecule has 0 atom stereocenters. The van der Waals surface area contributed by atoms with E-state index in [2.05, 4.69) is 0 Å². The van der Waals surface area contributed by atoms with Gasteiger partial charge in [-0.2, -0.15) is 13.2 Å². The molecule has 1 aromatic rings. The van der Waals surface area contributed by atoms with Crippen molar-refractivity contribution in [3.63, 3.8) is 0 Å².